The third-order valence-electron chi connectivity index (χ3n) is 1.79. The van der Waals surface area contributed by atoms with Gasteiger partial charge in [-0.25, -0.2) is 18.7 Å². The number of benzene rings is 1. The van der Waals surface area contributed by atoms with Crippen molar-refractivity contribution in [1.82, 2.24) is 9.97 Å². The molecule has 0 fully saturated rings. The van der Waals surface area contributed by atoms with Gasteiger partial charge in [-0.15, -0.1) is 0 Å². The van der Waals surface area contributed by atoms with Crippen molar-refractivity contribution in [3.8, 4) is 0 Å². The van der Waals surface area contributed by atoms with Crippen molar-refractivity contribution >= 4 is 39.3 Å². The molecule has 0 N–H and O–H groups in total. The van der Waals surface area contributed by atoms with Gasteiger partial charge < -0.3 is 0 Å². The number of hydrogen-bond acceptors (Lipinski definition) is 3. The molecule has 7 heteroatoms. The maximum Gasteiger partial charge on any atom is 0.223 e. The highest BCUT2D eigenvalue weighted by Crippen LogP contribution is 2.32. The normalized spacial score (nSPS) is 10.6. The average molecular weight is 338 g/mol. The predicted octanol–water partition coefficient (Wildman–Crippen LogP) is 4.32. The molecule has 2 aromatic rings. The molecule has 2 rings (SSSR count). The van der Waals surface area contributed by atoms with Crippen molar-refractivity contribution in [3.63, 3.8) is 0 Å². The summed E-state index contributed by atoms with van der Waals surface area (Å²) in [4.78, 5) is 8.27. The summed E-state index contributed by atoms with van der Waals surface area (Å²) in [5.41, 5.74) is 0. The van der Waals surface area contributed by atoms with Crippen LogP contribution in [-0.2, 0) is 0 Å². The van der Waals surface area contributed by atoms with Crippen LogP contribution in [-0.4, -0.2) is 9.97 Å². The van der Waals surface area contributed by atoms with Crippen LogP contribution in [0.15, 0.2) is 38.8 Å². The molecule has 0 saturated heterocycles. The summed E-state index contributed by atoms with van der Waals surface area (Å²) in [5.74, 6) is -1.78. The van der Waals surface area contributed by atoms with Crippen LogP contribution < -0.4 is 0 Å². The molecule has 0 aliphatic rings. The van der Waals surface area contributed by atoms with Crippen molar-refractivity contribution in [2.75, 3.05) is 0 Å². The zero-order valence-corrected chi connectivity index (χ0v) is 11.3. The van der Waals surface area contributed by atoms with Gasteiger partial charge in [-0.2, -0.15) is 0 Å². The number of rotatable bonds is 2. The molecule has 0 amide bonds. The van der Waals surface area contributed by atoms with E-state index in [1.807, 2.05) is 0 Å². The highest BCUT2D eigenvalue weighted by molar-refractivity contribution is 9.10. The standard InChI is InChI=1S/C10H4BrClF2N2S/c11-6-4-15-10(12)16-9(6)17-5-1-2-7(13)8(14)3-5/h1-4H. The highest BCUT2D eigenvalue weighted by atomic mass is 79.9. The van der Waals surface area contributed by atoms with Crippen LogP contribution in [0.4, 0.5) is 8.78 Å². The van der Waals surface area contributed by atoms with E-state index in [9.17, 15) is 8.78 Å². The molecule has 2 nitrogen and oxygen atoms in total. The maximum atomic E-state index is 13.0. The summed E-state index contributed by atoms with van der Waals surface area (Å²) in [6.45, 7) is 0. The Morgan fingerprint density at radius 3 is 2.71 bits per heavy atom. The zero-order valence-electron chi connectivity index (χ0n) is 8.12. The number of halogens is 4. The zero-order chi connectivity index (χ0) is 12.4. The Kier molecular flexibility index (Phi) is 3.96. The molecule has 0 spiro atoms. The number of nitrogens with zero attached hydrogens (tertiary/aromatic N) is 2. The Morgan fingerprint density at radius 1 is 1.24 bits per heavy atom. The molecule has 17 heavy (non-hydrogen) atoms. The summed E-state index contributed by atoms with van der Waals surface area (Å²) in [5, 5.41) is 0.634. The molecule has 0 aliphatic carbocycles. The molecule has 0 saturated carbocycles. The lowest BCUT2D eigenvalue weighted by atomic mass is 10.3. The van der Waals surface area contributed by atoms with Crippen LogP contribution in [0.2, 0.25) is 5.28 Å². The molecule has 0 aliphatic heterocycles. The first kappa shape index (κ1) is 12.7. The van der Waals surface area contributed by atoms with E-state index in [-0.39, 0.29) is 5.28 Å². The molecule has 1 aromatic heterocycles. The van der Waals surface area contributed by atoms with Crippen molar-refractivity contribution in [1.29, 1.82) is 0 Å². The van der Waals surface area contributed by atoms with Gasteiger partial charge in [0.25, 0.3) is 0 Å². The molecule has 0 bridgehead atoms. The summed E-state index contributed by atoms with van der Waals surface area (Å²) in [6.07, 6.45) is 1.50. The number of hydrogen-bond donors (Lipinski definition) is 0. The van der Waals surface area contributed by atoms with Gasteiger partial charge in [-0.05, 0) is 45.7 Å². The quantitative estimate of drug-likeness (QED) is 0.603. The van der Waals surface area contributed by atoms with Gasteiger partial charge in [0.2, 0.25) is 5.28 Å². The van der Waals surface area contributed by atoms with Crippen LogP contribution in [0.5, 0.6) is 0 Å². The fourth-order valence-electron chi connectivity index (χ4n) is 1.05. The second kappa shape index (κ2) is 5.29. The Labute approximate surface area is 114 Å². The van der Waals surface area contributed by atoms with E-state index in [1.165, 1.54) is 12.3 Å². The summed E-state index contributed by atoms with van der Waals surface area (Å²) in [7, 11) is 0. The van der Waals surface area contributed by atoms with Gasteiger partial charge in [-0.1, -0.05) is 11.8 Å². The van der Waals surface area contributed by atoms with E-state index in [0.29, 0.717) is 14.4 Å². The molecule has 88 valence electrons. The molecule has 0 unspecified atom stereocenters. The monoisotopic (exact) mass is 336 g/mol. The van der Waals surface area contributed by atoms with Gasteiger partial charge in [0.15, 0.2) is 11.6 Å². The van der Waals surface area contributed by atoms with E-state index >= 15 is 0 Å². The summed E-state index contributed by atoms with van der Waals surface area (Å²) >= 11 is 10.1. The first-order chi connectivity index (χ1) is 8.06. The largest absolute Gasteiger partial charge is 0.225 e. The Hall–Kier alpha value is -0.720. The lowest BCUT2D eigenvalue weighted by Crippen LogP contribution is -1.88. The van der Waals surface area contributed by atoms with Crippen molar-refractivity contribution in [2.24, 2.45) is 0 Å². The molecule has 1 heterocycles. The van der Waals surface area contributed by atoms with Crippen LogP contribution in [0.1, 0.15) is 0 Å². The first-order valence-corrected chi connectivity index (χ1v) is 6.36. The smallest absolute Gasteiger partial charge is 0.223 e. The van der Waals surface area contributed by atoms with Crippen LogP contribution in [0.25, 0.3) is 0 Å². The molecule has 0 atom stereocenters. The minimum absolute atomic E-state index is 0.0956. The van der Waals surface area contributed by atoms with Crippen LogP contribution in [0.3, 0.4) is 0 Å². The van der Waals surface area contributed by atoms with Gasteiger partial charge in [-0.3, -0.25) is 0 Å². The van der Waals surface area contributed by atoms with Crippen LogP contribution in [0, 0.1) is 11.6 Å². The van der Waals surface area contributed by atoms with Gasteiger partial charge in [0, 0.05) is 11.1 Å². The molecule has 1 aromatic carbocycles. The van der Waals surface area contributed by atoms with Crippen molar-refractivity contribution in [3.05, 3.63) is 45.8 Å². The predicted molar refractivity (Wildman–Crippen MR) is 65.2 cm³/mol. The second-order valence-electron chi connectivity index (χ2n) is 2.97. The van der Waals surface area contributed by atoms with E-state index < -0.39 is 11.6 Å². The molecular weight excluding hydrogens is 334 g/mol. The third-order valence-corrected chi connectivity index (χ3v) is 3.81. The van der Waals surface area contributed by atoms with E-state index in [2.05, 4.69) is 25.9 Å². The third kappa shape index (κ3) is 3.14. The minimum atomic E-state index is -0.897. The lowest BCUT2D eigenvalue weighted by Gasteiger charge is -2.03. The van der Waals surface area contributed by atoms with Crippen molar-refractivity contribution < 1.29 is 8.78 Å². The Bertz CT molecular complexity index is 568. The topological polar surface area (TPSA) is 25.8 Å². The minimum Gasteiger partial charge on any atom is -0.225 e. The molecule has 0 radical (unpaired) electrons. The summed E-state index contributed by atoms with van der Waals surface area (Å²) in [6, 6.07) is 3.63. The van der Waals surface area contributed by atoms with E-state index in [1.54, 1.807) is 0 Å². The van der Waals surface area contributed by atoms with Gasteiger partial charge in [0.05, 0.1) is 4.47 Å². The number of aromatic nitrogens is 2. The van der Waals surface area contributed by atoms with E-state index in [0.717, 1.165) is 23.9 Å². The van der Waals surface area contributed by atoms with Crippen molar-refractivity contribution in [2.45, 2.75) is 9.92 Å². The van der Waals surface area contributed by atoms with E-state index in [4.69, 9.17) is 11.6 Å². The highest BCUT2D eigenvalue weighted by Gasteiger charge is 2.08. The van der Waals surface area contributed by atoms with Crippen LogP contribution >= 0.6 is 39.3 Å². The fourth-order valence-corrected chi connectivity index (χ4v) is 2.48. The van der Waals surface area contributed by atoms with Gasteiger partial charge >= 0.3 is 0 Å². The first-order valence-electron chi connectivity index (χ1n) is 4.37. The Morgan fingerprint density at radius 2 is 2.00 bits per heavy atom. The maximum absolute atomic E-state index is 13.0. The Balaban J connectivity index is 2.31. The fraction of sp³-hybridized carbons (Fsp3) is 0. The summed E-state index contributed by atoms with van der Waals surface area (Å²) < 4.78 is 26.4. The SMILES string of the molecule is Fc1ccc(Sc2nc(Cl)ncc2Br)cc1F. The molecular formula is C10H4BrClF2N2S. The van der Waals surface area contributed by atoms with Gasteiger partial charge in [0.1, 0.15) is 5.03 Å². The second-order valence-corrected chi connectivity index (χ2v) is 5.22. The average Bonchev–Trinajstić information content (AvgIpc) is 2.29. The lowest BCUT2D eigenvalue weighted by molar-refractivity contribution is 0.506.